The lowest BCUT2D eigenvalue weighted by Crippen LogP contribution is -2.20. The SMILES string of the molecule is C1=CSC(CC2Cc3ccc(CN4CCCC4)cc3C2)N1. The molecule has 0 bridgehead atoms. The Labute approximate surface area is 132 Å². The zero-order valence-electron chi connectivity index (χ0n) is 12.6. The van der Waals surface area contributed by atoms with Crippen LogP contribution in [0.4, 0.5) is 0 Å². The highest BCUT2D eigenvalue weighted by Crippen LogP contribution is 2.33. The van der Waals surface area contributed by atoms with Crippen LogP contribution in [0.15, 0.2) is 29.8 Å². The number of nitrogens with zero attached hydrogens (tertiary/aromatic N) is 1. The molecule has 0 amide bonds. The van der Waals surface area contributed by atoms with Crippen LogP contribution in [0.3, 0.4) is 0 Å². The molecule has 112 valence electrons. The number of rotatable bonds is 4. The summed E-state index contributed by atoms with van der Waals surface area (Å²) in [6.07, 6.45) is 8.69. The predicted octanol–water partition coefficient (Wildman–Crippen LogP) is 3.52. The van der Waals surface area contributed by atoms with Crippen molar-refractivity contribution in [2.24, 2.45) is 5.92 Å². The lowest BCUT2D eigenvalue weighted by molar-refractivity contribution is 0.331. The summed E-state index contributed by atoms with van der Waals surface area (Å²) in [5.41, 5.74) is 4.74. The van der Waals surface area contributed by atoms with Crippen LogP contribution in [0, 0.1) is 5.92 Å². The Morgan fingerprint density at radius 1 is 1.14 bits per heavy atom. The Bertz CT molecular complexity index is 526. The van der Waals surface area contributed by atoms with Crippen molar-refractivity contribution < 1.29 is 0 Å². The minimum atomic E-state index is 0.605. The predicted molar refractivity (Wildman–Crippen MR) is 90.1 cm³/mol. The molecule has 2 atom stereocenters. The molecule has 1 fully saturated rings. The fraction of sp³-hybridized carbons (Fsp3) is 0.556. The highest BCUT2D eigenvalue weighted by atomic mass is 32.2. The van der Waals surface area contributed by atoms with Crippen molar-refractivity contribution >= 4 is 11.8 Å². The lowest BCUT2D eigenvalue weighted by atomic mass is 10.0. The zero-order valence-corrected chi connectivity index (χ0v) is 13.4. The van der Waals surface area contributed by atoms with Gasteiger partial charge in [-0.2, -0.15) is 0 Å². The molecule has 0 aromatic heterocycles. The number of fused-ring (bicyclic) bond motifs is 1. The molecule has 2 unspecified atom stereocenters. The van der Waals surface area contributed by atoms with Crippen LogP contribution in [-0.4, -0.2) is 23.4 Å². The molecule has 2 aliphatic heterocycles. The Balaban J connectivity index is 1.38. The molecule has 2 heterocycles. The third-order valence-corrected chi connectivity index (χ3v) is 5.98. The van der Waals surface area contributed by atoms with Gasteiger partial charge < -0.3 is 5.32 Å². The molecule has 1 aromatic carbocycles. The minimum Gasteiger partial charge on any atom is -0.378 e. The second kappa shape index (κ2) is 6.05. The fourth-order valence-corrected chi connectivity index (χ4v) is 4.86. The summed E-state index contributed by atoms with van der Waals surface area (Å²) in [5.74, 6) is 0.826. The number of likely N-dealkylation sites (tertiary alicyclic amines) is 1. The Hall–Kier alpha value is -0.930. The second-order valence-corrected chi connectivity index (χ2v) is 7.80. The van der Waals surface area contributed by atoms with E-state index in [9.17, 15) is 0 Å². The fourth-order valence-electron chi connectivity index (χ4n) is 3.97. The molecule has 3 aliphatic rings. The van der Waals surface area contributed by atoms with Crippen LogP contribution in [0.1, 0.15) is 36.0 Å². The maximum atomic E-state index is 3.45. The molecule has 0 spiro atoms. The second-order valence-electron chi connectivity index (χ2n) is 6.69. The third kappa shape index (κ3) is 3.14. The van der Waals surface area contributed by atoms with E-state index in [1.165, 1.54) is 50.8 Å². The van der Waals surface area contributed by atoms with Gasteiger partial charge in [0.05, 0.1) is 5.37 Å². The number of hydrogen-bond donors (Lipinski definition) is 1. The van der Waals surface area contributed by atoms with E-state index < -0.39 is 0 Å². The first-order valence-corrected chi connectivity index (χ1v) is 9.21. The van der Waals surface area contributed by atoms with Crippen molar-refractivity contribution in [3.05, 3.63) is 46.5 Å². The molecule has 1 aromatic rings. The Morgan fingerprint density at radius 3 is 2.81 bits per heavy atom. The summed E-state index contributed by atoms with van der Waals surface area (Å²) in [7, 11) is 0. The summed E-state index contributed by atoms with van der Waals surface area (Å²) in [6.45, 7) is 3.73. The number of thioether (sulfide) groups is 1. The molecule has 1 saturated heterocycles. The van der Waals surface area contributed by atoms with Gasteiger partial charge in [0.1, 0.15) is 0 Å². The Morgan fingerprint density at radius 2 is 2.00 bits per heavy atom. The van der Waals surface area contributed by atoms with E-state index in [2.05, 4.69) is 40.0 Å². The quantitative estimate of drug-likeness (QED) is 0.916. The van der Waals surface area contributed by atoms with Crippen molar-refractivity contribution in [1.29, 1.82) is 0 Å². The topological polar surface area (TPSA) is 15.3 Å². The van der Waals surface area contributed by atoms with Gasteiger partial charge in [-0.3, -0.25) is 4.90 Å². The monoisotopic (exact) mass is 300 g/mol. The molecule has 3 heteroatoms. The van der Waals surface area contributed by atoms with E-state index in [1.54, 1.807) is 11.1 Å². The first kappa shape index (κ1) is 13.7. The maximum absolute atomic E-state index is 3.45. The largest absolute Gasteiger partial charge is 0.378 e. The molecule has 1 aliphatic carbocycles. The van der Waals surface area contributed by atoms with Crippen LogP contribution in [0.2, 0.25) is 0 Å². The molecular formula is C18H24N2S. The summed E-state index contributed by atoms with van der Waals surface area (Å²) >= 11 is 1.93. The summed E-state index contributed by atoms with van der Waals surface area (Å²) in [6, 6.07) is 7.25. The van der Waals surface area contributed by atoms with Crippen molar-refractivity contribution in [2.75, 3.05) is 13.1 Å². The van der Waals surface area contributed by atoms with Crippen molar-refractivity contribution in [1.82, 2.24) is 10.2 Å². The molecule has 1 N–H and O–H groups in total. The smallest absolute Gasteiger partial charge is 0.0761 e. The molecule has 0 saturated carbocycles. The van der Waals surface area contributed by atoms with E-state index in [1.807, 2.05) is 11.8 Å². The standard InChI is InChI=1S/C18H24N2S/c1-2-7-20(6-1)13-14-3-4-16-10-15(11-17(16)9-14)12-18-19-5-8-21-18/h3-5,8-9,15,18-19H,1-2,6-7,10-13H2. The van der Waals surface area contributed by atoms with Crippen LogP contribution in [0.5, 0.6) is 0 Å². The lowest BCUT2D eigenvalue weighted by Gasteiger charge is -2.15. The number of hydrogen-bond acceptors (Lipinski definition) is 3. The highest BCUT2D eigenvalue weighted by molar-refractivity contribution is 8.02. The van der Waals surface area contributed by atoms with Crippen LogP contribution >= 0.6 is 11.8 Å². The summed E-state index contributed by atoms with van der Waals surface area (Å²) in [5, 5.41) is 6.23. The minimum absolute atomic E-state index is 0.605. The van der Waals surface area contributed by atoms with Gasteiger partial charge in [-0.05, 0) is 73.2 Å². The molecule has 21 heavy (non-hydrogen) atoms. The van der Waals surface area contributed by atoms with Gasteiger partial charge in [0.2, 0.25) is 0 Å². The zero-order chi connectivity index (χ0) is 14.1. The first-order valence-electron chi connectivity index (χ1n) is 8.26. The van der Waals surface area contributed by atoms with E-state index in [-0.39, 0.29) is 0 Å². The summed E-state index contributed by atoms with van der Waals surface area (Å²) in [4.78, 5) is 2.60. The number of benzene rings is 1. The van der Waals surface area contributed by atoms with Crippen molar-refractivity contribution in [3.63, 3.8) is 0 Å². The maximum Gasteiger partial charge on any atom is 0.0761 e. The van der Waals surface area contributed by atoms with Gasteiger partial charge in [-0.1, -0.05) is 18.2 Å². The molecule has 0 radical (unpaired) electrons. The van der Waals surface area contributed by atoms with Crippen molar-refractivity contribution in [2.45, 2.75) is 44.0 Å². The van der Waals surface area contributed by atoms with E-state index in [4.69, 9.17) is 0 Å². The van der Waals surface area contributed by atoms with Crippen LogP contribution in [0.25, 0.3) is 0 Å². The first-order chi connectivity index (χ1) is 10.4. The normalized spacial score (nSPS) is 28.0. The van der Waals surface area contributed by atoms with E-state index in [0.717, 1.165) is 12.5 Å². The van der Waals surface area contributed by atoms with Crippen molar-refractivity contribution in [3.8, 4) is 0 Å². The van der Waals surface area contributed by atoms with Gasteiger partial charge >= 0.3 is 0 Å². The van der Waals surface area contributed by atoms with Crippen LogP contribution in [-0.2, 0) is 19.4 Å². The van der Waals surface area contributed by atoms with E-state index >= 15 is 0 Å². The van der Waals surface area contributed by atoms with Gasteiger partial charge in [0, 0.05) is 12.7 Å². The highest BCUT2D eigenvalue weighted by Gasteiger charge is 2.25. The summed E-state index contributed by atoms with van der Waals surface area (Å²) < 4.78 is 0. The molecule has 4 rings (SSSR count). The molecular weight excluding hydrogens is 276 g/mol. The average molecular weight is 300 g/mol. The number of nitrogens with one attached hydrogen (secondary N) is 1. The third-order valence-electron chi connectivity index (χ3n) is 5.03. The van der Waals surface area contributed by atoms with Crippen LogP contribution < -0.4 is 5.32 Å². The van der Waals surface area contributed by atoms with E-state index in [0.29, 0.717) is 5.37 Å². The van der Waals surface area contributed by atoms with Gasteiger partial charge in [-0.25, -0.2) is 0 Å². The Kier molecular flexibility index (Phi) is 3.95. The van der Waals surface area contributed by atoms with Gasteiger partial charge in [-0.15, -0.1) is 11.8 Å². The average Bonchev–Trinajstić information content (AvgIpc) is 3.19. The van der Waals surface area contributed by atoms with Gasteiger partial charge in [0.25, 0.3) is 0 Å². The van der Waals surface area contributed by atoms with Gasteiger partial charge in [0.15, 0.2) is 0 Å². The molecule has 2 nitrogen and oxygen atoms in total.